The highest BCUT2D eigenvalue weighted by atomic mass is 16.5. The van der Waals surface area contributed by atoms with Crippen molar-refractivity contribution in [1.29, 1.82) is 0 Å². The van der Waals surface area contributed by atoms with E-state index < -0.39 is 0 Å². The fraction of sp³-hybridized carbons (Fsp3) is 0.429. The molecule has 0 atom stereocenters. The first-order chi connectivity index (χ1) is 9.60. The first-order valence-electron chi connectivity index (χ1n) is 6.64. The fourth-order valence-electron chi connectivity index (χ4n) is 2.03. The number of piperazine rings is 1. The summed E-state index contributed by atoms with van der Waals surface area (Å²) in [6, 6.07) is 7.06. The molecule has 1 heterocycles. The number of carbonyl (C=O) groups excluding carboxylic acids is 2. The summed E-state index contributed by atoms with van der Waals surface area (Å²) in [6.45, 7) is 3.50. The van der Waals surface area contributed by atoms with Crippen molar-refractivity contribution in [1.82, 2.24) is 9.80 Å². The van der Waals surface area contributed by atoms with Crippen molar-refractivity contribution in [2.24, 2.45) is 0 Å². The molecule has 1 aromatic carbocycles. The normalized spacial score (nSPS) is 15.7. The molecule has 1 aliphatic heterocycles. The van der Waals surface area contributed by atoms with E-state index >= 15 is 0 Å². The average molecular weight is 277 g/mol. The molecule has 0 bridgehead atoms. The van der Waals surface area contributed by atoms with Crippen molar-refractivity contribution in [2.75, 3.05) is 38.5 Å². The number of amides is 2. The Bertz CT molecular complexity index is 487. The van der Waals surface area contributed by atoms with Gasteiger partial charge in [0.25, 0.3) is 0 Å². The van der Waals surface area contributed by atoms with Gasteiger partial charge in [-0.2, -0.15) is 0 Å². The zero-order valence-electron chi connectivity index (χ0n) is 11.5. The van der Waals surface area contributed by atoms with E-state index in [2.05, 4.69) is 0 Å². The molecule has 20 heavy (non-hydrogen) atoms. The number of ether oxygens (including phenoxy) is 1. The molecule has 2 rings (SSSR count). The molecule has 1 aromatic rings. The highest BCUT2D eigenvalue weighted by Crippen LogP contribution is 2.13. The van der Waals surface area contributed by atoms with Crippen LogP contribution in [0.15, 0.2) is 24.3 Å². The summed E-state index contributed by atoms with van der Waals surface area (Å²) in [6.07, 6.45) is 0. The van der Waals surface area contributed by atoms with Crippen molar-refractivity contribution in [3.63, 3.8) is 0 Å². The summed E-state index contributed by atoms with van der Waals surface area (Å²) >= 11 is 0. The van der Waals surface area contributed by atoms with Crippen LogP contribution in [0.3, 0.4) is 0 Å². The maximum Gasteiger partial charge on any atom is 0.242 e. The monoisotopic (exact) mass is 277 g/mol. The van der Waals surface area contributed by atoms with E-state index in [1.54, 1.807) is 29.2 Å². The van der Waals surface area contributed by atoms with Crippen molar-refractivity contribution in [3.8, 4) is 5.75 Å². The molecule has 1 aliphatic rings. The lowest BCUT2D eigenvalue weighted by Gasteiger charge is -2.33. The van der Waals surface area contributed by atoms with Crippen LogP contribution in [0.4, 0.5) is 5.69 Å². The number of anilines is 1. The third kappa shape index (κ3) is 3.40. The Hall–Kier alpha value is -2.24. The molecule has 108 valence electrons. The van der Waals surface area contributed by atoms with E-state index in [1.807, 2.05) is 6.92 Å². The van der Waals surface area contributed by atoms with Gasteiger partial charge in [-0.3, -0.25) is 9.59 Å². The van der Waals surface area contributed by atoms with E-state index in [-0.39, 0.29) is 24.9 Å². The minimum Gasteiger partial charge on any atom is -0.492 e. The van der Waals surface area contributed by atoms with E-state index in [9.17, 15) is 9.59 Å². The molecule has 0 unspecified atom stereocenters. The molecule has 2 N–H and O–H groups in total. The number of nitrogens with two attached hydrogens (primary N) is 1. The van der Waals surface area contributed by atoms with Crippen LogP contribution in [0.1, 0.15) is 6.92 Å². The summed E-state index contributed by atoms with van der Waals surface area (Å²) in [7, 11) is 0. The topological polar surface area (TPSA) is 75.9 Å². The van der Waals surface area contributed by atoms with Crippen LogP contribution >= 0.6 is 0 Å². The summed E-state index contributed by atoms with van der Waals surface area (Å²) in [5.74, 6) is 0.650. The van der Waals surface area contributed by atoms with Gasteiger partial charge in [0, 0.05) is 12.2 Å². The zero-order valence-corrected chi connectivity index (χ0v) is 11.5. The van der Waals surface area contributed by atoms with Gasteiger partial charge in [0.05, 0.1) is 19.6 Å². The molecule has 0 spiro atoms. The van der Waals surface area contributed by atoms with Crippen LogP contribution in [0.5, 0.6) is 5.75 Å². The van der Waals surface area contributed by atoms with Gasteiger partial charge in [-0.05, 0) is 31.2 Å². The SMILES string of the molecule is CCN1CC(=O)N(CCOc2ccc(N)cc2)CC1=O. The van der Waals surface area contributed by atoms with Crippen LogP contribution in [0, 0.1) is 0 Å². The fourth-order valence-corrected chi connectivity index (χ4v) is 2.03. The number of carbonyl (C=O) groups is 2. The molecule has 6 heteroatoms. The van der Waals surface area contributed by atoms with E-state index in [0.717, 1.165) is 0 Å². The molecule has 2 amide bonds. The quantitative estimate of drug-likeness (QED) is 0.787. The molecule has 1 saturated heterocycles. The van der Waals surface area contributed by atoms with Gasteiger partial charge in [0.2, 0.25) is 11.8 Å². The Labute approximate surface area is 118 Å². The Morgan fingerprint density at radius 2 is 1.70 bits per heavy atom. The standard InChI is InChI=1S/C14H19N3O3/c1-2-16-9-14(19)17(10-13(16)18)7-8-20-12-5-3-11(15)4-6-12/h3-6H,2,7-10,15H2,1H3. The molecular weight excluding hydrogens is 258 g/mol. The third-order valence-electron chi connectivity index (χ3n) is 3.25. The van der Waals surface area contributed by atoms with E-state index in [0.29, 0.717) is 31.1 Å². The van der Waals surface area contributed by atoms with Gasteiger partial charge in [0.15, 0.2) is 0 Å². The van der Waals surface area contributed by atoms with Crippen LogP contribution in [-0.2, 0) is 9.59 Å². The van der Waals surface area contributed by atoms with Crippen molar-refractivity contribution in [3.05, 3.63) is 24.3 Å². The highest BCUT2D eigenvalue weighted by molar-refractivity contribution is 5.92. The zero-order chi connectivity index (χ0) is 14.5. The molecule has 0 aliphatic carbocycles. The summed E-state index contributed by atoms with van der Waals surface area (Å²) in [4.78, 5) is 26.7. The average Bonchev–Trinajstić information content (AvgIpc) is 2.44. The second-order valence-electron chi connectivity index (χ2n) is 4.64. The van der Waals surface area contributed by atoms with Crippen LogP contribution < -0.4 is 10.5 Å². The highest BCUT2D eigenvalue weighted by Gasteiger charge is 2.28. The number of nitrogen functional groups attached to an aromatic ring is 1. The predicted molar refractivity (Wildman–Crippen MR) is 75.2 cm³/mol. The Kier molecular flexibility index (Phi) is 4.45. The lowest BCUT2D eigenvalue weighted by molar-refractivity contribution is -0.150. The number of likely N-dealkylation sites (N-methyl/N-ethyl adjacent to an activating group) is 1. The van der Waals surface area contributed by atoms with Crippen LogP contribution in [0.25, 0.3) is 0 Å². The molecule has 6 nitrogen and oxygen atoms in total. The Balaban J connectivity index is 1.81. The lowest BCUT2D eigenvalue weighted by atomic mass is 10.3. The summed E-state index contributed by atoms with van der Waals surface area (Å²) < 4.78 is 5.53. The molecule has 1 fully saturated rings. The second-order valence-corrected chi connectivity index (χ2v) is 4.64. The molecular formula is C14H19N3O3. The van der Waals surface area contributed by atoms with Gasteiger partial charge in [-0.25, -0.2) is 0 Å². The predicted octanol–water partition coefficient (Wildman–Crippen LogP) is 0.338. The largest absolute Gasteiger partial charge is 0.492 e. The number of hydrogen-bond acceptors (Lipinski definition) is 4. The number of benzene rings is 1. The Morgan fingerprint density at radius 3 is 2.35 bits per heavy atom. The van der Waals surface area contributed by atoms with Gasteiger partial charge in [0.1, 0.15) is 12.4 Å². The maximum absolute atomic E-state index is 11.9. The van der Waals surface area contributed by atoms with Crippen molar-refractivity contribution in [2.45, 2.75) is 6.92 Å². The minimum absolute atomic E-state index is 0.0143. The summed E-state index contributed by atoms with van der Waals surface area (Å²) in [5, 5.41) is 0. The van der Waals surface area contributed by atoms with Crippen LogP contribution in [0.2, 0.25) is 0 Å². The Morgan fingerprint density at radius 1 is 1.10 bits per heavy atom. The molecule has 0 aromatic heterocycles. The summed E-state index contributed by atoms with van der Waals surface area (Å²) in [5.41, 5.74) is 6.26. The van der Waals surface area contributed by atoms with Gasteiger partial charge >= 0.3 is 0 Å². The second kappa shape index (κ2) is 6.27. The number of rotatable bonds is 5. The van der Waals surface area contributed by atoms with E-state index in [1.165, 1.54) is 4.90 Å². The smallest absolute Gasteiger partial charge is 0.242 e. The molecule has 0 radical (unpaired) electrons. The van der Waals surface area contributed by atoms with Gasteiger partial charge in [-0.15, -0.1) is 0 Å². The molecule has 0 saturated carbocycles. The van der Waals surface area contributed by atoms with Crippen molar-refractivity contribution < 1.29 is 14.3 Å². The van der Waals surface area contributed by atoms with E-state index in [4.69, 9.17) is 10.5 Å². The lowest BCUT2D eigenvalue weighted by Crippen LogP contribution is -2.54. The van der Waals surface area contributed by atoms with Crippen molar-refractivity contribution >= 4 is 17.5 Å². The third-order valence-corrected chi connectivity index (χ3v) is 3.25. The number of nitrogens with zero attached hydrogens (tertiary/aromatic N) is 2. The van der Waals surface area contributed by atoms with Gasteiger partial charge < -0.3 is 20.3 Å². The van der Waals surface area contributed by atoms with Gasteiger partial charge in [-0.1, -0.05) is 0 Å². The minimum atomic E-state index is -0.0349. The van der Waals surface area contributed by atoms with Crippen LogP contribution in [-0.4, -0.2) is 54.4 Å². The maximum atomic E-state index is 11.9. The first kappa shape index (κ1) is 14.2. The first-order valence-corrected chi connectivity index (χ1v) is 6.64. The number of hydrogen-bond donors (Lipinski definition) is 1.